The molecular weight excluding hydrogens is 396 g/mol. The van der Waals surface area contributed by atoms with Crippen LogP contribution in [0.3, 0.4) is 0 Å². The van der Waals surface area contributed by atoms with E-state index in [1.54, 1.807) is 6.92 Å². The van der Waals surface area contributed by atoms with Gasteiger partial charge >= 0.3 is 5.97 Å². The quantitative estimate of drug-likeness (QED) is 0.296. The zero-order valence-corrected chi connectivity index (χ0v) is 22.4. The topological polar surface area (TPSA) is 41.6 Å². The predicted octanol–water partition coefficient (Wildman–Crippen LogP) is 6.29. The summed E-state index contributed by atoms with van der Waals surface area (Å²) in [4.78, 5) is 13.9. The van der Waals surface area contributed by atoms with Crippen LogP contribution < -0.4 is 5.32 Å². The highest BCUT2D eigenvalue weighted by molar-refractivity contribution is 5.86. The molecule has 0 atom stereocenters. The number of hydrogen-bond donors (Lipinski definition) is 1. The van der Waals surface area contributed by atoms with Crippen LogP contribution in [0.15, 0.2) is 37.5 Å². The molecule has 0 aromatic heterocycles. The van der Waals surface area contributed by atoms with Gasteiger partial charge in [-0.3, -0.25) is 4.90 Å². The number of nitrogens with one attached hydrogen (secondary N) is 1. The molecule has 32 heavy (non-hydrogen) atoms. The Balaban J connectivity index is 0.000000363. The van der Waals surface area contributed by atoms with E-state index in [-0.39, 0.29) is 28.1 Å². The number of rotatable bonds is 6. The van der Waals surface area contributed by atoms with Gasteiger partial charge in [0.1, 0.15) is 6.61 Å². The van der Waals surface area contributed by atoms with Gasteiger partial charge < -0.3 is 10.1 Å². The number of likely N-dealkylation sites (tertiary alicyclic amines) is 1. The van der Waals surface area contributed by atoms with E-state index < -0.39 is 0 Å². The molecule has 184 valence electrons. The Bertz CT molecular complexity index is 654. The molecule has 2 aliphatic heterocycles. The van der Waals surface area contributed by atoms with Crippen molar-refractivity contribution < 1.29 is 9.53 Å². The highest BCUT2D eigenvalue weighted by Crippen LogP contribution is 2.41. The van der Waals surface area contributed by atoms with Crippen LogP contribution in [0.2, 0.25) is 0 Å². The normalized spacial score (nSPS) is 24.5. The SMILES string of the molecule is C=CC1CC(C)(C)N(CCOC(=O)C(=C)C)C(C)(C)C1.C=CC1CC(C)(C)NC(C)(C)C1. The second kappa shape index (κ2) is 10.7. The second-order valence-corrected chi connectivity index (χ2v) is 12.4. The van der Waals surface area contributed by atoms with E-state index in [0.29, 0.717) is 24.0 Å². The van der Waals surface area contributed by atoms with Crippen LogP contribution in [-0.2, 0) is 9.53 Å². The highest BCUT2D eigenvalue weighted by atomic mass is 16.5. The Morgan fingerprint density at radius 3 is 1.69 bits per heavy atom. The van der Waals surface area contributed by atoms with Gasteiger partial charge in [0.15, 0.2) is 0 Å². The third kappa shape index (κ3) is 8.51. The molecule has 0 amide bonds. The maximum Gasteiger partial charge on any atom is 0.333 e. The summed E-state index contributed by atoms with van der Waals surface area (Å²) in [5.74, 6) is 0.923. The van der Waals surface area contributed by atoms with Crippen LogP contribution in [0, 0.1) is 11.8 Å². The predicted molar refractivity (Wildman–Crippen MR) is 138 cm³/mol. The summed E-state index contributed by atoms with van der Waals surface area (Å²) >= 11 is 0. The third-order valence-corrected chi connectivity index (χ3v) is 6.77. The number of carbonyl (C=O) groups excluding carboxylic acids is 1. The van der Waals surface area contributed by atoms with Crippen molar-refractivity contribution in [2.24, 2.45) is 11.8 Å². The molecule has 2 heterocycles. The van der Waals surface area contributed by atoms with Gasteiger partial charge in [-0.1, -0.05) is 18.7 Å². The van der Waals surface area contributed by atoms with Gasteiger partial charge in [-0.2, -0.15) is 0 Å². The maximum atomic E-state index is 11.5. The number of piperidine rings is 2. The molecule has 0 aromatic rings. The first-order valence-corrected chi connectivity index (χ1v) is 12.1. The molecule has 0 bridgehead atoms. The Labute approximate surface area is 198 Å². The van der Waals surface area contributed by atoms with E-state index in [1.165, 1.54) is 12.8 Å². The zero-order valence-electron chi connectivity index (χ0n) is 22.4. The first-order valence-electron chi connectivity index (χ1n) is 12.1. The van der Waals surface area contributed by atoms with E-state index in [9.17, 15) is 4.79 Å². The zero-order chi connectivity index (χ0) is 25.0. The van der Waals surface area contributed by atoms with Crippen LogP contribution >= 0.6 is 0 Å². The van der Waals surface area contributed by atoms with Crippen molar-refractivity contribution in [3.05, 3.63) is 37.5 Å². The lowest BCUT2D eigenvalue weighted by atomic mass is 9.74. The first kappa shape index (κ1) is 28.6. The van der Waals surface area contributed by atoms with Crippen LogP contribution in [-0.4, -0.2) is 46.2 Å². The van der Waals surface area contributed by atoms with E-state index in [1.807, 2.05) is 0 Å². The summed E-state index contributed by atoms with van der Waals surface area (Å²) in [6.07, 6.45) is 8.77. The largest absolute Gasteiger partial charge is 0.461 e. The molecule has 0 spiro atoms. The van der Waals surface area contributed by atoms with Crippen LogP contribution in [0.4, 0.5) is 0 Å². The minimum absolute atomic E-state index is 0.0796. The fourth-order valence-corrected chi connectivity index (χ4v) is 6.09. The number of hydrogen-bond acceptors (Lipinski definition) is 4. The first-order chi connectivity index (χ1) is 14.4. The molecule has 0 radical (unpaired) electrons. The van der Waals surface area contributed by atoms with Crippen molar-refractivity contribution >= 4 is 5.97 Å². The summed E-state index contributed by atoms with van der Waals surface area (Å²) in [6.45, 7) is 32.4. The third-order valence-electron chi connectivity index (χ3n) is 6.77. The number of carbonyl (C=O) groups is 1. The lowest BCUT2D eigenvalue weighted by Crippen LogP contribution is -2.61. The molecule has 0 aliphatic carbocycles. The molecule has 0 saturated carbocycles. The summed E-state index contributed by atoms with van der Waals surface area (Å²) in [5.41, 5.74) is 1.14. The Hall–Kier alpha value is -1.39. The highest BCUT2D eigenvalue weighted by Gasteiger charge is 2.44. The summed E-state index contributed by atoms with van der Waals surface area (Å²) in [6, 6.07) is 0. The van der Waals surface area contributed by atoms with Gasteiger partial charge in [0.2, 0.25) is 0 Å². The summed E-state index contributed by atoms with van der Waals surface area (Å²) < 4.78 is 5.25. The molecule has 2 aliphatic rings. The van der Waals surface area contributed by atoms with E-state index in [0.717, 1.165) is 19.4 Å². The number of esters is 1. The average Bonchev–Trinajstić information content (AvgIpc) is 2.60. The maximum absolute atomic E-state index is 11.5. The summed E-state index contributed by atoms with van der Waals surface area (Å²) in [7, 11) is 0. The van der Waals surface area contributed by atoms with Crippen molar-refractivity contribution in [1.82, 2.24) is 10.2 Å². The molecular formula is C28H50N2O2. The smallest absolute Gasteiger partial charge is 0.333 e. The molecule has 2 fully saturated rings. The molecule has 4 nitrogen and oxygen atoms in total. The van der Waals surface area contributed by atoms with Gasteiger partial charge in [-0.25, -0.2) is 4.79 Å². The Morgan fingerprint density at radius 1 is 0.906 bits per heavy atom. The average molecular weight is 447 g/mol. The van der Waals surface area contributed by atoms with Gasteiger partial charge in [-0.05, 0) is 99.8 Å². The van der Waals surface area contributed by atoms with E-state index >= 15 is 0 Å². The van der Waals surface area contributed by atoms with Gasteiger partial charge in [0.25, 0.3) is 0 Å². The molecule has 4 heteroatoms. The van der Waals surface area contributed by atoms with E-state index in [2.05, 4.69) is 97.5 Å². The standard InChI is InChI=1S/C17H29NO2.C11H21N/c1-8-14-11-16(4,5)18(17(6,7)12-14)9-10-20-15(19)13(2)3;1-6-9-7-10(2,3)12-11(4,5)8-9/h8,14H,1-2,9-12H2,3-7H3;6,9,12H,1,7-8H2,2-5H3. The van der Waals surface area contributed by atoms with Crippen LogP contribution in [0.25, 0.3) is 0 Å². The summed E-state index contributed by atoms with van der Waals surface area (Å²) in [5, 5.41) is 3.65. The fourth-order valence-electron chi connectivity index (χ4n) is 6.09. The number of allylic oxidation sites excluding steroid dienone is 2. The fraction of sp³-hybridized carbons (Fsp3) is 0.750. The van der Waals surface area contributed by atoms with Gasteiger partial charge in [0, 0.05) is 34.3 Å². The van der Waals surface area contributed by atoms with Crippen molar-refractivity contribution in [3.63, 3.8) is 0 Å². The van der Waals surface area contributed by atoms with Gasteiger partial charge in [0.05, 0.1) is 0 Å². The molecule has 0 unspecified atom stereocenters. The molecule has 1 N–H and O–H groups in total. The van der Waals surface area contributed by atoms with Gasteiger partial charge in [-0.15, -0.1) is 13.2 Å². The number of ether oxygens (including phenoxy) is 1. The van der Waals surface area contributed by atoms with E-state index in [4.69, 9.17) is 4.74 Å². The second-order valence-electron chi connectivity index (χ2n) is 12.4. The van der Waals surface area contributed by atoms with Crippen molar-refractivity contribution in [3.8, 4) is 0 Å². The number of nitrogens with zero attached hydrogens (tertiary/aromatic N) is 1. The Kier molecular flexibility index (Phi) is 9.57. The lowest BCUT2D eigenvalue weighted by molar-refractivity contribution is -0.141. The van der Waals surface area contributed by atoms with Crippen LogP contribution in [0.1, 0.15) is 88.0 Å². The monoisotopic (exact) mass is 446 g/mol. The van der Waals surface area contributed by atoms with Crippen molar-refractivity contribution in [1.29, 1.82) is 0 Å². The van der Waals surface area contributed by atoms with Crippen molar-refractivity contribution in [2.75, 3.05) is 13.2 Å². The lowest BCUT2D eigenvalue weighted by Gasteiger charge is -2.55. The minimum atomic E-state index is -0.304. The minimum Gasteiger partial charge on any atom is -0.461 e. The molecule has 2 rings (SSSR count). The molecule has 2 saturated heterocycles. The molecule has 0 aromatic carbocycles. The van der Waals surface area contributed by atoms with Crippen LogP contribution in [0.5, 0.6) is 0 Å². The Morgan fingerprint density at radius 2 is 1.31 bits per heavy atom. The van der Waals surface area contributed by atoms with Crippen molar-refractivity contribution in [2.45, 2.75) is 110 Å².